The first-order valence-electron chi connectivity index (χ1n) is 5.76. The van der Waals surface area contributed by atoms with Crippen LogP contribution >= 0.6 is 27.5 Å². The normalized spacial score (nSPS) is 19.3. The average Bonchev–Trinajstić information content (AvgIpc) is 2.38. The summed E-state index contributed by atoms with van der Waals surface area (Å²) in [6, 6.07) is 4.38. The maximum Gasteiger partial charge on any atom is 0.256 e. The van der Waals surface area contributed by atoms with E-state index in [1.807, 2.05) is 0 Å². The lowest BCUT2D eigenvalue weighted by atomic mass is 10.1. The van der Waals surface area contributed by atoms with Crippen molar-refractivity contribution in [1.29, 1.82) is 0 Å². The molecule has 0 aromatic heterocycles. The molecule has 0 bridgehead atoms. The minimum absolute atomic E-state index is 0.275. The summed E-state index contributed by atoms with van der Waals surface area (Å²) in [5, 5.41) is 3.39. The molecule has 3 N–H and O–H groups in total. The van der Waals surface area contributed by atoms with Crippen molar-refractivity contribution in [3.8, 4) is 0 Å². The van der Waals surface area contributed by atoms with E-state index in [1.54, 1.807) is 18.2 Å². The first-order chi connectivity index (χ1) is 9.00. The van der Waals surface area contributed by atoms with Crippen LogP contribution in [-0.2, 0) is 4.79 Å². The van der Waals surface area contributed by atoms with Gasteiger partial charge in [-0.3, -0.25) is 9.59 Å². The van der Waals surface area contributed by atoms with Gasteiger partial charge in [-0.1, -0.05) is 27.5 Å². The third-order valence-corrected chi connectivity index (χ3v) is 3.80. The molecule has 1 saturated heterocycles. The second kappa shape index (κ2) is 5.90. The van der Waals surface area contributed by atoms with E-state index in [4.69, 9.17) is 17.3 Å². The van der Waals surface area contributed by atoms with Crippen molar-refractivity contribution in [1.82, 2.24) is 10.2 Å². The highest BCUT2D eigenvalue weighted by molar-refractivity contribution is 9.10. The fraction of sp³-hybridized carbons (Fsp3) is 0.333. The Morgan fingerprint density at radius 1 is 1.47 bits per heavy atom. The Kier molecular flexibility index (Phi) is 4.44. The minimum atomic E-state index is -0.638. The van der Waals surface area contributed by atoms with E-state index in [-0.39, 0.29) is 5.91 Å². The SMILES string of the molecule is NC(=O)C1CNCCN1C(=O)c1ccc(Br)cc1Cl. The topological polar surface area (TPSA) is 75.4 Å². The molecular formula is C12H13BrClN3O2. The summed E-state index contributed by atoms with van der Waals surface area (Å²) in [6.07, 6.45) is 0. The number of primary amides is 1. The molecular weight excluding hydrogens is 334 g/mol. The molecule has 1 unspecified atom stereocenters. The van der Waals surface area contributed by atoms with Crippen LogP contribution in [-0.4, -0.2) is 42.4 Å². The van der Waals surface area contributed by atoms with Crippen molar-refractivity contribution in [2.45, 2.75) is 6.04 Å². The fourth-order valence-electron chi connectivity index (χ4n) is 2.02. The van der Waals surface area contributed by atoms with Crippen molar-refractivity contribution in [3.63, 3.8) is 0 Å². The number of rotatable bonds is 2. The Labute approximate surface area is 124 Å². The lowest BCUT2D eigenvalue weighted by Gasteiger charge is -2.34. The zero-order chi connectivity index (χ0) is 14.0. The minimum Gasteiger partial charge on any atom is -0.368 e. The lowest BCUT2D eigenvalue weighted by Crippen LogP contribution is -2.58. The van der Waals surface area contributed by atoms with Gasteiger partial charge < -0.3 is 16.0 Å². The number of hydrogen-bond acceptors (Lipinski definition) is 3. The van der Waals surface area contributed by atoms with E-state index in [1.165, 1.54) is 4.90 Å². The fourth-order valence-corrected chi connectivity index (χ4v) is 2.77. The van der Waals surface area contributed by atoms with Crippen LogP contribution in [0.3, 0.4) is 0 Å². The van der Waals surface area contributed by atoms with Crippen LogP contribution in [0.15, 0.2) is 22.7 Å². The van der Waals surface area contributed by atoms with E-state index in [2.05, 4.69) is 21.2 Å². The van der Waals surface area contributed by atoms with Crippen LogP contribution < -0.4 is 11.1 Å². The summed E-state index contributed by atoms with van der Waals surface area (Å²) in [4.78, 5) is 25.3. The molecule has 19 heavy (non-hydrogen) atoms. The predicted octanol–water partition coefficient (Wildman–Crippen LogP) is 1.00. The van der Waals surface area contributed by atoms with Gasteiger partial charge in [-0.2, -0.15) is 0 Å². The number of benzene rings is 1. The molecule has 5 nitrogen and oxygen atoms in total. The summed E-state index contributed by atoms with van der Waals surface area (Å²) in [6.45, 7) is 1.43. The van der Waals surface area contributed by atoms with Crippen molar-refractivity contribution in [2.75, 3.05) is 19.6 Å². The van der Waals surface area contributed by atoms with E-state index in [0.29, 0.717) is 30.2 Å². The van der Waals surface area contributed by atoms with Gasteiger partial charge in [0.1, 0.15) is 6.04 Å². The van der Waals surface area contributed by atoms with Gasteiger partial charge in [0.05, 0.1) is 10.6 Å². The number of carbonyl (C=O) groups is 2. The largest absolute Gasteiger partial charge is 0.368 e. The summed E-state index contributed by atoms with van der Waals surface area (Å²) >= 11 is 9.34. The number of amides is 2. The maximum atomic E-state index is 12.4. The third-order valence-electron chi connectivity index (χ3n) is 2.99. The summed E-state index contributed by atoms with van der Waals surface area (Å²) in [5.74, 6) is -0.795. The molecule has 1 heterocycles. The average molecular weight is 347 g/mol. The first kappa shape index (κ1) is 14.3. The molecule has 1 atom stereocenters. The number of nitrogens with zero attached hydrogens (tertiary/aromatic N) is 1. The molecule has 1 fully saturated rings. The molecule has 2 amide bonds. The Morgan fingerprint density at radius 2 is 2.21 bits per heavy atom. The Bertz CT molecular complexity index is 524. The second-order valence-electron chi connectivity index (χ2n) is 4.25. The molecule has 0 saturated carbocycles. The maximum absolute atomic E-state index is 12.4. The Hall–Kier alpha value is -1.11. The van der Waals surface area contributed by atoms with Crippen LogP contribution in [0.25, 0.3) is 0 Å². The van der Waals surface area contributed by atoms with Gasteiger partial charge in [-0.15, -0.1) is 0 Å². The first-order valence-corrected chi connectivity index (χ1v) is 6.94. The molecule has 1 aromatic carbocycles. The number of nitrogens with two attached hydrogens (primary N) is 1. The van der Waals surface area contributed by atoms with Crippen LogP contribution in [0.4, 0.5) is 0 Å². The summed E-state index contributed by atoms with van der Waals surface area (Å²) < 4.78 is 0.792. The third kappa shape index (κ3) is 3.08. The number of carbonyl (C=O) groups excluding carboxylic acids is 2. The van der Waals surface area contributed by atoms with E-state index in [9.17, 15) is 9.59 Å². The molecule has 1 aromatic rings. The zero-order valence-electron chi connectivity index (χ0n) is 10.0. The monoisotopic (exact) mass is 345 g/mol. The van der Waals surface area contributed by atoms with Crippen molar-refractivity contribution >= 4 is 39.3 Å². The highest BCUT2D eigenvalue weighted by Gasteiger charge is 2.31. The van der Waals surface area contributed by atoms with Gasteiger partial charge >= 0.3 is 0 Å². The van der Waals surface area contributed by atoms with Crippen molar-refractivity contribution in [2.24, 2.45) is 5.73 Å². The highest BCUT2D eigenvalue weighted by atomic mass is 79.9. The van der Waals surface area contributed by atoms with Gasteiger partial charge in [0.2, 0.25) is 5.91 Å². The van der Waals surface area contributed by atoms with Crippen molar-refractivity contribution < 1.29 is 9.59 Å². The summed E-state index contributed by atoms with van der Waals surface area (Å²) in [5.41, 5.74) is 5.70. The Morgan fingerprint density at radius 3 is 2.84 bits per heavy atom. The predicted molar refractivity (Wildman–Crippen MR) is 76.0 cm³/mol. The number of piperazine rings is 1. The summed E-state index contributed by atoms with van der Waals surface area (Å²) in [7, 11) is 0. The molecule has 0 aliphatic carbocycles. The van der Waals surface area contributed by atoms with Crippen LogP contribution in [0, 0.1) is 0 Å². The van der Waals surface area contributed by atoms with E-state index >= 15 is 0 Å². The number of hydrogen-bond donors (Lipinski definition) is 2. The molecule has 7 heteroatoms. The van der Waals surface area contributed by atoms with Gasteiger partial charge in [0, 0.05) is 24.1 Å². The second-order valence-corrected chi connectivity index (χ2v) is 5.57. The molecule has 1 aliphatic rings. The van der Waals surface area contributed by atoms with Crippen LogP contribution in [0.2, 0.25) is 5.02 Å². The lowest BCUT2D eigenvalue weighted by molar-refractivity contribution is -0.122. The van der Waals surface area contributed by atoms with Gasteiger partial charge in [0.25, 0.3) is 5.91 Å². The number of nitrogens with one attached hydrogen (secondary N) is 1. The quantitative estimate of drug-likeness (QED) is 0.839. The molecule has 2 rings (SSSR count). The van der Waals surface area contributed by atoms with Crippen molar-refractivity contribution in [3.05, 3.63) is 33.3 Å². The molecule has 102 valence electrons. The standard InChI is InChI=1S/C12H13BrClN3O2/c13-7-1-2-8(9(14)5-7)12(19)17-4-3-16-6-10(17)11(15)18/h1-2,5,10,16H,3-4,6H2,(H2,15,18). The molecule has 1 aliphatic heterocycles. The molecule has 0 radical (unpaired) electrons. The Balaban J connectivity index is 2.28. The van der Waals surface area contributed by atoms with Crippen LogP contribution in [0.1, 0.15) is 10.4 Å². The van der Waals surface area contributed by atoms with E-state index in [0.717, 1.165) is 4.47 Å². The van der Waals surface area contributed by atoms with E-state index < -0.39 is 11.9 Å². The van der Waals surface area contributed by atoms with Gasteiger partial charge in [-0.05, 0) is 18.2 Å². The number of halogens is 2. The van der Waals surface area contributed by atoms with Crippen LogP contribution in [0.5, 0.6) is 0 Å². The van der Waals surface area contributed by atoms with Gasteiger partial charge in [0.15, 0.2) is 0 Å². The van der Waals surface area contributed by atoms with Gasteiger partial charge in [-0.25, -0.2) is 0 Å². The highest BCUT2D eigenvalue weighted by Crippen LogP contribution is 2.23. The molecule has 0 spiro atoms. The zero-order valence-corrected chi connectivity index (χ0v) is 12.4. The smallest absolute Gasteiger partial charge is 0.256 e.